The van der Waals surface area contributed by atoms with Crippen LogP contribution in [0.15, 0.2) is 18.2 Å². The van der Waals surface area contributed by atoms with Crippen molar-refractivity contribution in [3.8, 4) is 0 Å². The van der Waals surface area contributed by atoms with Gasteiger partial charge in [-0.05, 0) is 24.6 Å². The van der Waals surface area contributed by atoms with Crippen LogP contribution in [0.3, 0.4) is 0 Å². The van der Waals surface area contributed by atoms with Gasteiger partial charge < -0.3 is 4.90 Å². The number of carbonyl (C=O) groups excluding carboxylic acids is 2. The van der Waals surface area contributed by atoms with Crippen molar-refractivity contribution in [2.24, 2.45) is 0 Å². The number of ketones is 1. The average molecular weight is 263 g/mol. The number of halogens is 1. The fraction of sp³-hybridized carbons (Fsp3) is 0.467. The Morgan fingerprint density at radius 1 is 1.11 bits per heavy atom. The zero-order valence-corrected chi connectivity index (χ0v) is 11.1. The predicted octanol–water partition coefficient (Wildman–Crippen LogP) is 3.33. The SMILES string of the molecule is CCCCCCCN1C(=O)C(=O)c2cc(F)ccc21. The second kappa shape index (κ2) is 5.95. The van der Waals surface area contributed by atoms with Gasteiger partial charge in [0.05, 0.1) is 11.3 Å². The number of amides is 1. The molecule has 0 N–H and O–H groups in total. The Morgan fingerprint density at radius 3 is 2.58 bits per heavy atom. The molecule has 0 atom stereocenters. The largest absolute Gasteiger partial charge is 0.305 e. The number of anilines is 1. The maximum absolute atomic E-state index is 13.1. The third-order valence-corrected chi connectivity index (χ3v) is 3.42. The van der Waals surface area contributed by atoms with E-state index >= 15 is 0 Å². The molecule has 3 nitrogen and oxygen atoms in total. The van der Waals surface area contributed by atoms with Crippen molar-refractivity contribution in [3.05, 3.63) is 29.6 Å². The molecule has 0 aliphatic carbocycles. The quantitative estimate of drug-likeness (QED) is 0.583. The van der Waals surface area contributed by atoms with E-state index in [4.69, 9.17) is 0 Å². The molecule has 0 aromatic heterocycles. The number of Topliss-reactive ketones (excluding diaryl/α,β-unsaturated/α-hetero) is 1. The molecule has 1 aromatic rings. The molecule has 1 amide bonds. The first-order chi connectivity index (χ1) is 9.15. The molecular weight excluding hydrogens is 245 g/mol. The highest BCUT2D eigenvalue weighted by molar-refractivity contribution is 6.52. The molecule has 1 heterocycles. The highest BCUT2D eigenvalue weighted by Gasteiger charge is 2.35. The molecule has 19 heavy (non-hydrogen) atoms. The Balaban J connectivity index is 2.02. The summed E-state index contributed by atoms with van der Waals surface area (Å²) in [4.78, 5) is 25.1. The van der Waals surface area contributed by atoms with Crippen molar-refractivity contribution in [2.75, 3.05) is 11.4 Å². The lowest BCUT2D eigenvalue weighted by molar-refractivity contribution is -0.114. The minimum atomic E-state index is -0.594. The standard InChI is InChI=1S/C15H18FNO2/c1-2-3-4-5-6-9-17-13-8-7-11(16)10-12(13)14(18)15(17)19/h7-8,10H,2-6,9H2,1H3. The van der Waals surface area contributed by atoms with Crippen LogP contribution in [0, 0.1) is 5.82 Å². The third-order valence-electron chi connectivity index (χ3n) is 3.42. The number of hydrogen-bond donors (Lipinski definition) is 0. The lowest BCUT2D eigenvalue weighted by Gasteiger charge is -2.16. The fourth-order valence-electron chi connectivity index (χ4n) is 2.37. The van der Waals surface area contributed by atoms with E-state index < -0.39 is 17.5 Å². The molecule has 2 rings (SSSR count). The summed E-state index contributed by atoms with van der Waals surface area (Å²) >= 11 is 0. The van der Waals surface area contributed by atoms with Gasteiger partial charge in [-0.25, -0.2) is 4.39 Å². The molecular formula is C15H18FNO2. The van der Waals surface area contributed by atoms with Crippen LogP contribution in [0.2, 0.25) is 0 Å². The smallest absolute Gasteiger partial charge is 0.299 e. The van der Waals surface area contributed by atoms with Crippen molar-refractivity contribution in [3.63, 3.8) is 0 Å². The number of carbonyl (C=O) groups is 2. The summed E-state index contributed by atoms with van der Waals surface area (Å²) in [6.45, 7) is 2.68. The summed E-state index contributed by atoms with van der Waals surface area (Å²) in [5.74, 6) is -1.61. The van der Waals surface area contributed by atoms with Crippen LogP contribution in [-0.2, 0) is 4.79 Å². The van der Waals surface area contributed by atoms with E-state index in [9.17, 15) is 14.0 Å². The molecule has 0 unspecified atom stereocenters. The molecule has 1 aliphatic rings. The summed E-state index contributed by atoms with van der Waals surface area (Å²) < 4.78 is 13.1. The molecule has 1 aromatic carbocycles. The highest BCUT2D eigenvalue weighted by Crippen LogP contribution is 2.29. The average Bonchev–Trinajstić information content (AvgIpc) is 2.63. The molecule has 0 spiro atoms. The van der Waals surface area contributed by atoms with Gasteiger partial charge in [0.2, 0.25) is 0 Å². The van der Waals surface area contributed by atoms with Crippen LogP contribution in [0.5, 0.6) is 0 Å². The summed E-state index contributed by atoms with van der Waals surface area (Å²) in [6.07, 6.45) is 5.42. The fourth-order valence-corrected chi connectivity index (χ4v) is 2.37. The van der Waals surface area contributed by atoms with Crippen LogP contribution in [-0.4, -0.2) is 18.2 Å². The topological polar surface area (TPSA) is 37.4 Å². The molecule has 0 saturated heterocycles. The van der Waals surface area contributed by atoms with E-state index in [0.717, 1.165) is 25.3 Å². The van der Waals surface area contributed by atoms with Gasteiger partial charge in [0.25, 0.3) is 11.7 Å². The van der Waals surface area contributed by atoms with E-state index in [2.05, 4.69) is 6.92 Å². The maximum atomic E-state index is 13.1. The van der Waals surface area contributed by atoms with Crippen molar-refractivity contribution in [2.45, 2.75) is 39.0 Å². The first-order valence-corrected chi connectivity index (χ1v) is 6.81. The molecule has 0 saturated carbocycles. The summed E-state index contributed by atoms with van der Waals surface area (Å²) in [5.41, 5.74) is 0.741. The number of fused-ring (bicyclic) bond motifs is 1. The van der Waals surface area contributed by atoms with Gasteiger partial charge in [-0.2, -0.15) is 0 Å². The second-order valence-corrected chi connectivity index (χ2v) is 4.86. The monoisotopic (exact) mass is 263 g/mol. The summed E-state index contributed by atoms with van der Waals surface area (Å²) in [6, 6.07) is 3.95. The number of hydrogen-bond acceptors (Lipinski definition) is 2. The Morgan fingerprint density at radius 2 is 1.84 bits per heavy atom. The normalized spacial score (nSPS) is 14.1. The highest BCUT2D eigenvalue weighted by atomic mass is 19.1. The third kappa shape index (κ3) is 2.83. The van der Waals surface area contributed by atoms with Crippen molar-refractivity contribution >= 4 is 17.4 Å². The Labute approximate surface area is 112 Å². The van der Waals surface area contributed by atoms with Crippen LogP contribution in [0.1, 0.15) is 49.4 Å². The summed E-state index contributed by atoms with van der Waals surface area (Å²) in [5, 5.41) is 0. The molecule has 0 bridgehead atoms. The first-order valence-electron chi connectivity index (χ1n) is 6.81. The lowest BCUT2D eigenvalue weighted by atomic mass is 10.1. The van der Waals surface area contributed by atoms with Gasteiger partial charge in [-0.1, -0.05) is 32.6 Å². The number of unbranched alkanes of at least 4 members (excludes halogenated alkanes) is 4. The van der Waals surface area contributed by atoms with Gasteiger partial charge in [-0.3, -0.25) is 9.59 Å². The second-order valence-electron chi connectivity index (χ2n) is 4.86. The molecule has 0 fully saturated rings. The molecule has 4 heteroatoms. The minimum absolute atomic E-state index is 0.193. The van der Waals surface area contributed by atoms with Crippen molar-refractivity contribution < 1.29 is 14.0 Å². The van der Waals surface area contributed by atoms with Gasteiger partial charge >= 0.3 is 0 Å². The minimum Gasteiger partial charge on any atom is -0.305 e. The van der Waals surface area contributed by atoms with Crippen LogP contribution >= 0.6 is 0 Å². The Kier molecular flexibility index (Phi) is 4.30. The zero-order chi connectivity index (χ0) is 13.8. The van der Waals surface area contributed by atoms with E-state index in [0.29, 0.717) is 12.2 Å². The van der Waals surface area contributed by atoms with Gasteiger partial charge in [0.15, 0.2) is 0 Å². The van der Waals surface area contributed by atoms with Crippen molar-refractivity contribution in [1.29, 1.82) is 0 Å². The van der Waals surface area contributed by atoms with Gasteiger partial charge in [0.1, 0.15) is 5.82 Å². The van der Waals surface area contributed by atoms with Gasteiger partial charge in [-0.15, -0.1) is 0 Å². The van der Waals surface area contributed by atoms with E-state index in [1.54, 1.807) is 0 Å². The first kappa shape index (κ1) is 13.7. The van der Waals surface area contributed by atoms with Crippen molar-refractivity contribution in [1.82, 2.24) is 0 Å². The van der Waals surface area contributed by atoms with E-state index in [1.165, 1.54) is 29.9 Å². The van der Waals surface area contributed by atoms with E-state index in [1.807, 2.05) is 0 Å². The van der Waals surface area contributed by atoms with Crippen LogP contribution in [0.4, 0.5) is 10.1 Å². The number of nitrogens with zero attached hydrogens (tertiary/aromatic N) is 1. The van der Waals surface area contributed by atoms with Gasteiger partial charge in [0, 0.05) is 6.54 Å². The predicted molar refractivity (Wildman–Crippen MR) is 71.8 cm³/mol. The zero-order valence-electron chi connectivity index (χ0n) is 11.1. The maximum Gasteiger partial charge on any atom is 0.299 e. The summed E-state index contributed by atoms with van der Waals surface area (Å²) in [7, 11) is 0. The molecule has 1 aliphatic heterocycles. The Bertz CT molecular complexity index is 499. The molecule has 102 valence electrons. The van der Waals surface area contributed by atoms with Crippen LogP contribution in [0.25, 0.3) is 0 Å². The number of benzene rings is 1. The number of rotatable bonds is 6. The Hall–Kier alpha value is -1.71. The van der Waals surface area contributed by atoms with Crippen LogP contribution < -0.4 is 4.90 Å². The lowest BCUT2D eigenvalue weighted by Crippen LogP contribution is -2.30. The van der Waals surface area contributed by atoms with E-state index in [-0.39, 0.29) is 5.56 Å². The molecule has 0 radical (unpaired) electrons.